The molecule has 2 amide bonds. The van der Waals surface area contributed by atoms with Gasteiger partial charge in [0.1, 0.15) is 11.6 Å². The zero-order valence-corrected chi connectivity index (χ0v) is 18.5. The average Bonchev–Trinajstić information content (AvgIpc) is 2.83. The van der Waals surface area contributed by atoms with Crippen LogP contribution in [0.3, 0.4) is 0 Å². The van der Waals surface area contributed by atoms with E-state index in [-0.39, 0.29) is 17.2 Å². The van der Waals surface area contributed by atoms with Crippen LogP contribution < -0.4 is 10.2 Å². The van der Waals surface area contributed by atoms with Crippen LogP contribution >= 0.6 is 0 Å². The normalized spacial score (nSPS) is 13.6. The van der Waals surface area contributed by atoms with Crippen LogP contribution in [0, 0.1) is 5.82 Å². The van der Waals surface area contributed by atoms with Gasteiger partial charge < -0.3 is 25.0 Å². The minimum atomic E-state index is -1.14. The van der Waals surface area contributed by atoms with Gasteiger partial charge in [-0.05, 0) is 43.3 Å². The van der Waals surface area contributed by atoms with Crippen LogP contribution in [0.15, 0.2) is 48.5 Å². The van der Waals surface area contributed by atoms with Crippen LogP contribution in [-0.2, 0) is 4.74 Å². The Hall–Kier alpha value is -4.21. The number of halogens is 1. The van der Waals surface area contributed by atoms with Gasteiger partial charge in [-0.25, -0.2) is 19.0 Å². The van der Waals surface area contributed by atoms with Gasteiger partial charge in [0.25, 0.3) is 5.91 Å². The minimum Gasteiger partial charge on any atom is -0.478 e. The van der Waals surface area contributed by atoms with Crippen molar-refractivity contribution in [2.75, 3.05) is 43.0 Å². The summed E-state index contributed by atoms with van der Waals surface area (Å²) in [5, 5.41) is 12.8. The molecule has 0 aliphatic carbocycles. The third-order valence-corrected chi connectivity index (χ3v) is 5.53. The van der Waals surface area contributed by atoms with Crippen LogP contribution in [0.1, 0.15) is 27.6 Å². The summed E-state index contributed by atoms with van der Waals surface area (Å²) in [6, 6.07) is 11.8. The number of benzene rings is 2. The zero-order valence-electron chi connectivity index (χ0n) is 18.5. The second-order valence-electron chi connectivity index (χ2n) is 7.67. The van der Waals surface area contributed by atoms with E-state index in [0.29, 0.717) is 55.2 Å². The number of carboxylic acids is 1. The van der Waals surface area contributed by atoms with E-state index in [2.05, 4.69) is 10.3 Å². The number of nitrogens with one attached hydrogen (secondary N) is 1. The molecule has 0 unspecified atom stereocenters. The maximum Gasteiger partial charge on any atom is 0.409 e. The number of hydrogen-bond donors (Lipinski definition) is 2. The lowest BCUT2D eigenvalue weighted by atomic mass is 10.1. The third kappa shape index (κ3) is 4.75. The van der Waals surface area contributed by atoms with Gasteiger partial charge in [-0.2, -0.15) is 0 Å². The summed E-state index contributed by atoms with van der Waals surface area (Å²) in [5.74, 6) is -1.95. The molecule has 3 aromatic rings. The number of hydrogen-bond acceptors (Lipinski definition) is 6. The molecule has 9 nitrogen and oxygen atoms in total. The second kappa shape index (κ2) is 9.74. The van der Waals surface area contributed by atoms with Crippen molar-refractivity contribution in [2.45, 2.75) is 6.92 Å². The Bertz CT molecular complexity index is 1260. The van der Waals surface area contributed by atoms with Gasteiger partial charge in [-0.1, -0.05) is 12.1 Å². The van der Waals surface area contributed by atoms with Gasteiger partial charge in [-0.3, -0.25) is 4.79 Å². The first-order valence-corrected chi connectivity index (χ1v) is 10.8. The summed E-state index contributed by atoms with van der Waals surface area (Å²) >= 11 is 0. The quantitative estimate of drug-likeness (QED) is 0.591. The molecule has 0 radical (unpaired) electrons. The number of carbonyl (C=O) groups is 3. The molecule has 0 spiro atoms. The van der Waals surface area contributed by atoms with E-state index >= 15 is 0 Å². The molecule has 1 saturated heterocycles. The molecule has 2 N–H and O–H groups in total. The lowest BCUT2D eigenvalue weighted by Crippen LogP contribution is -2.49. The summed E-state index contributed by atoms with van der Waals surface area (Å²) in [7, 11) is 0. The van der Waals surface area contributed by atoms with Crippen LogP contribution in [0.4, 0.5) is 20.7 Å². The topological polar surface area (TPSA) is 112 Å². The van der Waals surface area contributed by atoms with Gasteiger partial charge in [0, 0.05) is 37.3 Å². The number of aromatic carboxylic acids is 1. The van der Waals surface area contributed by atoms with Gasteiger partial charge in [-0.15, -0.1) is 0 Å². The fraction of sp³-hybridized carbons (Fsp3) is 0.250. The Kier molecular flexibility index (Phi) is 6.58. The smallest absolute Gasteiger partial charge is 0.409 e. The zero-order chi connectivity index (χ0) is 24.2. The Balaban J connectivity index is 1.58. The highest BCUT2D eigenvalue weighted by Gasteiger charge is 2.24. The van der Waals surface area contributed by atoms with Crippen molar-refractivity contribution in [3.63, 3.8) is 0 Å². The molecule has 4 rings (SSSR count). The van der Waals surface area contributed by atoms with Crippen molar-refractivity contribution in [3.8, 4) is 0 Å². The molecule has 176 valence electrons. The number of amides is 2. The number of fused-ring (bicyclic) bond motifs is 1. The molecule has 1 fully saturated rings. The molecule has 0 atom stereocenters. The van der Waals surface area contributed by atoms with Gasteiger partial charge in [0.15, 0.2) is 0 Å². The highest BCUT2D eigenvalue weighted by Crippen LogP contribution is 2.27. The second-order valence-corrected chi connectivity index (χ2v) is 7.67. The number of anilines is 2. The van der Waals surface area contributed by atoms with E-state index in [9.17, 15) is 23.9 Å². The van der Waals surface area contributed by atoms with Crippen LogP contribution in [-0.4, -0.2) is 65.7 Å². The van der Waals surface area contributed by atoms with Gasteiger partial charge >= 0.3 is 12.1 Å². The number of carbonyl (C=O) groups excluding carboxylic acids is 2. The van der Waals surface area contributed by atoms with Crippen molar-refractivity contribution in [1.29, 1.82) is 0 Å². The predicted molar refractivity (Wildman–Crippen MR) is 124 cm³/mol. The first kappa shape index (κ1) is 23.0. The molecule has 1 aromatic heterocycles. The van der Waals surface area contributed by atoms with E-state index in [4.69, 9.17) is 4.74 Å². The Morgan fingerprint density at radius 1 is 1.06 bits per heavy atom. The molecule has 34 heavy (non-hydrogen) atoms. The number of aromatic nitrogens is 1. The van der Waals surface area contributed by atoms with E-state index in [0.717, 1.165) is 0 Å². The average molecular weight is 466 g/mol. The van der Waals surface area contributed by atoms with Gasteiger partial charge in [0.2, 0.25) is 0 Å². The fourth-order valence-corrected chi connectivity index (χ4v) is 3.81. The third-order valence-electron chi connectivity index (χ3n) is 5.53. The first-order chi connectivity index (χ1) is 16.4. The highest BCUT2D eigenvalue weighted by atomic mass is 19.1. The summed E-state index contributed by atoms with van der Waals surface area (Å²) in [6.45, 7) is 3.87. The SMILES string of the molecule is CCOC(=O)N1CCN(c2cc(C(=O)O)c3cc(NC(=O)c4ccccc4F)ccc3n2)CC1. The molecule has 0 saturated carbocycles. The molecule has 0 bridgehead atoms. The standard InChI is InChI=1S/C24H23FN4O5/c1-2-34-24(33)29-11-9-28(10-12-29)21-14-18(23(31)32)17-13-15(7-8-20(17)27-21)26-22(30)16-5-3-4-6-19(16)25/h3-8,13-14H,2,9-12H2,1H3,(H,26,30)(H,31,32). The minimum absolute atomic E-state index is 0.0230. The molecule has 10 heteroatoms. The van der Waals surface area contributed by atoms with Gasteiger partial charge in [0.05, 0.1) is 23.3 Å². The number of ether oxygens (including phenoxy) is 1. The molecule has 1 aliphatic rings. The van der Waals surface area contributed by atoms with Crippen molar-refractivity contribution < 1.29 is 28.6 Å². The summed E-state index contributed by atoms with van der Waals surface area (Å²) in [6.07, 6.45) is -0.371. The van der Waals surface area contributed by atoms with Crippen LogP contribution in [0.25, 0.3) is 10.9 Å². The number of piperazine rings is 1. The Morgan fingerprint density at radius 2 is 1.79 bits per heavy atom. The van der Waals surface area contributed by atoms with Crippen molar-refractivity contribution in [1.82, 2.24) is 9.88 Å². The summed E-state index contributed by atoms with van der Waals surface area (Å²) < 4.78 is 18.9. The van der Waals surface area contributed by atoms with E-state index in [1.54, 1.807) is 30.0 Å². The number of rotatable bonds is 5. The monoisotopic (exact) mass is 466 g/mol. The first-order valence-electron chi connectivity index (χ1n) is 10.8. The molecular weight excluding hydrogens is 443 g/mol. The number of carboxylic acid groups (broad SMARTS) is 1. The molecule has 1 aliphatic heterocycles. The number of pyridine rings is 1. The molecule has 2 heterocycles. The Morgan fingerprint density at radius 3 is 2.47 bits per heavy atom. The fourth-order valence-electron chi connectivity index (χ4n) is 3.81. The maximum absolute atomic E-state index is 13.9. The molecular formula is C24H23FN4O5. The highest BCUT2D eigenvalue weighted by molar-refractivity contribution is 6.08. The molecule has 2 aromatic carbocycles. The van der Waals surface area contributed by atoms with Crippen LogP contribution in [0.2, 0.25) is 0 Å². The summed E-state index contributed by atoms with van der Waals surface area (Å²) in [5.41, 5.74) is 0.666. The van der Waals surface area contributed by atoms with E-state index in [1.165, 1.54) is 30.3 Å². The van der Waals surface area contributed by atoms with E-state index < -0.39 is 17.7 Å². The Labute approximate surface area is 194 Å². The maximum atomic E-state index is 13.9. The van der Waals surface area contributed by atoms with Crippen molar-refractivity contribution in [3.05, 3.63) is 65.5 Å². The lowest BCUT2D eigenvalue weighted by molar-refractivity contribution is 0.0698. The van der Waals surface area contributed by atoms with Crippen molar-refractivity contribution >= 4 is 40.4 Å². The lowest BCUT2D eigenvalue weighted by Gasteiger charge is -2.35. The van der Waals surface area contributed by atoms with E-state index in [1.807, 2.05) is 4.90 Å². The summed E-state index contributed by atoms with van der Waals surface area (Å²) in [4.78, 5) is 44.5. The predicted octanol–water partition coefficient (Wildman–Crippen LogP) is 3.60. The van der Waals surface area contributed by atoms with Crippen molar-refractivity contribution in [2.24, 2.45) is 0 Å². The number of nitrogens with zero attached hydrogens (tertiary/aromatic N) is 3. The largest absolute Gasteiger partial charge is 0.478 e. The van der Waals surface area contributed by atoms with Crippen LogP contribution in [0.5, 0.6) is 0 Å².